The number of aromatic nitrogens is 2. The number of para-hydroxylation sites is 2. The van der Waals surface area contributed by atoms with Crippen molar-refractivity contribution in [2.75, 3.05) is 0 Å². The molecule has 5 aromatic carbocycles. The smallest absolute Gasteiger partial charge is 0.0994 e. The Balaban J connectivity index is 1.09. The van der Waals surface area contributed by atoms with E-state index in [9.17, 15) is 15.8 Å². The van der Waals surface area contributed by atoms with Gasteiger partial charge in [-0.1, -0.05) is 110 Å². The minimum atomic E-state index is -0.370. The molecule has 252 valence electrons. The molecule has 7 aromatic rings. The van der Waals surface area contributed by atoms with Gasteiger partial charge in [-0.25, -0.2) is 0 Å². The standard InChI is InChI=1S/C48H35N5/c1-31-36(37-20-18-34(24-35(37)29-51)30-52-43-14-5-3-10-38(43)40-21-17-33(28-50)26-46(40)52)12-9-13-42(31)48(2)23-8-7-16-47(48)53-44-15-6-4-11-39(44)41-25-32(27-49)19-22-45(41)53/h3-26,31,36,47H,30H2,1-2H3. The van der Waals surface area contributed by atoms with Crippen LogP contribution < -0.4 is 0 Å². The van der Waals surface area contributed by atoms with E-state index in [0.29, 0.717) is 23.2 Å². The fraction of sp³-hybridized carbons (Fsp3) is 0.146. The number of hydrogen-bond donors (Lipinski definition) is 0. The fourth-order valence-corrected chi connectivity index (χ4v) is 9.11. The second-order valence-corrected chi connectivity index (χ2v) is 14.5. The zero-order chi connectivity index (χ0) is 36.3. The van der Waals surface area contributed by atoms with Gasteiger partial charge in [0.05, 0.1) is 46.5 Å². The van der Waals surface area contributed by atoms with E-state index in [1.54, 1.807) is 0 Å². The van der Waals surface area contributed by atoms with E-state index in [4.69, 9.17) is 0 Å². The van der Waals surface area contributed by atoms with E-state index >= 15 is 0 Å². The molecular formula is C48H35N5. The second kappa shape index (κ2) is 12.4. The third kappa shape index (κ3) is 4.96. The number of hydrogen-bond acceptors (Lipinski definition) is 3. The molecule has 0 radical (unpaired) electrons. The number of allylic oxidation sites excluding steroid dienone is 8. The predicted octanol–water partition coefficient (Wildman–Crippen LogP) is 11.2. The lowest BCUT2D eigenvalue weighted by molar-refractivity contribution is 0.331. The van der Waals surface area contributed by atoms with Gasteiger partial charge in [0, 0.05) is 56.0 Å². The molecule has 2 heterocycles. The largest absolute Gasteiger partial charge is 0.336 e. The van der Waals surface area contributed by atoms with E-state index < -0.39 is 0 Å². The van der Waals surface area contributed by atoms with Gasteiger partial charge in [0.2, 0.25) is 0 Å². The normalized spacial score (nSPS) is 20.8. The first-order valence-electron chi connectivity index (χ1n) is 18.0. The first-order chi connectivity index (χ1) is 25.9. The minimum absolute atomic E-state index is 0.0123. The summed E-state index contributed by atoms with van der Waals surface area (Å²) >= 11 is 0. The van der Waals surface area contributed by atoms with Crippen LogP contribution in [0.2, 0.25) is 0 Å². The highest BCUT2D eigenvalue weighted by Gasteiger charge is 2.42. The van der Waals surface area contributed by atoms with E-state index in [0.717, 1.165) is 54.7 Å². The Kier molecular flexibility index (Phi) is 7.51. The molecule has 2 aliphatic rings. The van der Waals surface area contributed by atoms with Crippen LogP contribution in [0.3, 0.4) is 0 Å². The summed E-state index contributed by atoms with van der Waals surface area (Å²) in [6, 6.07) is 42.2. The Morgan fingerprint density at radius 1 is 0.642 bits per heavy atom. The average Bonchev–Trinajstić information content (AvgIpc) is 3.69. The Hall–Kier alpha value is -6.87. The van der Waals surface area contributed by atoms with Gasteiger partial charge >= 0.3 is 0 Å². The predicted molar refractivity (Wildman–Crippen MR) is 213 cm³/mol. The monoisotopic (exact) mass is 681 g/mol. The minimum Gasteiger partial charge on any atom is -0.336 e. The topological polar surface area (TPSA) is 81.2 Å². The van der Waals surface area contributed by atoms with Crippen molar-refractivity contribution in [3.8, 4) is 18.2 Å². The van der Waals surface area contributed by atoms with Crippen molar-refractivity contribution >= 4 is 43.6 Å². The summed E-state index contributed by atoms with van der Waals surface area (Å²) in [5, 5.41) is 34.4. The maximum absolute atomic E-state index is 10.6. The van der Waals surface area contributed by atoms with Gasteiger partial charge in [-0.15, -0.1) is 0 Å². The third-order valence-corrected chi connectivity index (χ3v) is 11.7. The third-order valence-electron chi connectivity index (χ3n) is 11.7. The van der Waals surface area contributed by atoms with Crippen molar-refractivity contribution in [3.63, 3.8) is 0 Å². The zero-order valence-electron chi connectivity index (χ0n) is 29.5. The molecule has 0 N–H and O–H groups in total. The average molecular weight is 682 g/mol. The summed E-state index contributed by atoms with van der Waals surface area (Å²) in [6.07, 6.45) is 15.6. The molecule has 53 heavy (non-hydrogen) atoms. The highest BCUT2D eigenvalue weighted by atomic mass is 15.0. The quantitative estimate of drug-likeness (QED) is 0.181. The van der Waals surface area contributed by atoms with Crippen LogP contribution in [0.15, 0.2) is 151 Å². The highest BCUT2D eigenvalue weighted by molar-refractivity contribution is 6.09. The lowest BCUT2D eigenvalue weighted by atomic mass is 9.64. The zero-order valence-corrected chi connectivity index (χ0v) is 29.5. The summed E-state index contributed by atoms with van der Waals surface area (Å²) in [5.41, 5.74) is 9.32. The van der Waals surface area contributed by atoms with Crippen molar-refractivity contribution in [2.45, 2.75) is 32.4 Å². The van der Waals surface area contributed by atoms with Crippen LogP contribution in [0.1, 0.15) is 53.6 Å². The van der Waals surface area contributed by atoms with Crippen LogP contribution in [0.5, 0.6) is 0 Å². The molecule has 2 aromatic heterocycles. The Morgan fingerprint density at radius 3 is 2.13 bits per heavy atom. The highest BCUT2D eigenvalue weighted by Crippen LogP contribution is 2.52. The molecule has 9 rings (SSSR count). The molecule has 4 unspecified atom stereocenters. The molecule has 0 saturated carbocycles. The Morgan fingerprint density at radius 2 is 1.34 bits per heavy atom. The van der Waals surface area contributed by atoms with Gasteiger partial charge in [-0.2, -0.15) is 15.8 Å². The maximum atomic E-state index is 10.6. The van der Waals surface area contributed by atoms with E-state index in [1.165, 1.54) is 5.57 Å². The molecule has 0 aliphatic heterocycles. The summed E-state index contributed by atoms with van der Waals surface area (Å²) in [7, 11) is 0. The summed E-state index contributed by atoms with van der Waals surface area (Å²) in [4.78, 5) is 0. The van der Waals surface area contributed by atoms with Crippen molar-refractivity contribution in [1.29, 1.82) is 15.8 Å². The second-order valence-electron chi connectivity index (χ2n) is 14.5. The molecule has 0 saturated heterocycles. The van der Waals surface area contributed by atoms with E-state index in [-0.39, 0.29) is 23.3 Å². The number of rotatable bonds is 5. The van der Waals surface area contributed by atoms with Crippen molar-refractivity contribution in [1.82, 2.24) is 9.13 Å². The first kappa shape index (κ1) is 32.1. The van der Waals surface area contributed by atoms with Gasteiger partial charge in [0.15, 0.2) is 0 Å². The van der Waals surface area contributed by atoms with Crippen molar-refractivity contribution < 1.29 is 0 Å². The van der Waals surface area contributed by atoms with Crippen LogP contribution in [0, 0.1) is 45.3 Å². The van der Waals surface area contributed by atoms with Gasteiger partial charge in [-0.3, -0.25) is 0 Å². The van der Waals surface area contributed by atoms with E-state index in [2.05, 4.69) is 138 Å². The number of nitriles is 3. The summed E-state index contributed by atoms with van der Waals surface area (Å²) in [6.45, 7) is 5.21. The van der Waals surface area contributed by atoms with Gasteiger partial charge in [-0.05, 0) is 72.5 Å². The molecule has 0 amide bonds. The van der Waals surface area contributed by atoms with Crippen molar-refractivity contribution in [3.05, 3.63) is 179 Å². The molecule has 0 spiro atoms. The summed E-state index contributed by atoms with van der Waals surface area (Å²) in [5.74, 6) is 0.125. The molecular weight excluding hydrogens is 647 g/mol. The first-order valence-corrected chi connectivity index (χ1v) is 18.0. The SMILES string of the molecule is CC1C(C2(C)C=CC=CC2n2c3ccccc3c3cc(C#N)ccc32)=CC=CC1c1ccc(Cn2c3ccccc3c3ccc(C#N)cc32)cc1C#N. The van der Waals surface area contributed by atoms with E-state index in [1.807, 2.05) is 48.5 Å². The van der Waals surface area contributed by atoms with Crippen LogP contribution in [-0.4, -0.2) is 9.13 Å². The number of nitrogens with zero attached hydrogens (tertiary/aromatic N) is 5. The van der Waals surface area contributed by atoms with Gasteiger partial charge < -0.3 is 9.13 Å². The molecule has 0 bridgehead atoms. The lowest BCUT2D eigenvalue weighted by Crippen LogP contribution is -2.34. The van der Waals surface area contributed by atoms with Gasteiger partial charge in [0.25, 0.3) is 0 Å². The Bertz CT molecular complexity index is 2910. The van der Waals surface area contributed by atoms with Crippen LogP contribution in [0.25, 0.3) is 43.6 Å². The van der Waals surface area contributed by atoms with Crippen molar-refractivity contribution in [2.24, 2.45) is 11.3 Å². The maximum Gasteiger partial charge on any atom is 0.0994 e. The molecule has 0 fully saturated rings. The number of benzene rings is 5. The molecule has 5 heteroatoms. The fourth-order valence-electron chi connectivity index (χ4n) is 9.11. The van der Waals surface area contributed by atoms with Crippen LogP contribution >= 0.6 is 0 Å². The number of fused-ring (bicyclic) bond motifs is 6. The summed E-state index contributed by atoms with van der Waals surface area (Å²) < 4.78 is 4.70. The molecule has 5 nitrogen and oxygen atoms in total. The van der Waals surface area contributed by atoms with Gasteiger partial charge in [0.1, 0.15) is 0 Å². The molecule has 2 aliphatic carbocycles. The van der Waals surface area contributed by atoms with Crippen LogP contribution in [0.4, 0.5) is 0 Å². The molecule has 4 atom stereocenters. The Labute approximate surface area is 308 Å². The van der Waals surface area contributed by atoms with Crippen LogP contribution in [-0.2, 0) is 6.54 Å². The lowest BCUT2D eigenvalue weighted by Gasteiger charge is -2.44.